The van der Waals surface area contributed by atoms with Gasteiger partial charge in [-0.05, 0) is 47.5 Å². The Balaban J connectivity index is 1.68. The summed E-state index contributed by atoms with van der Waals surface area (Å²) in [6.45, 7) is 8.38. The Morgan fingerprint density at radius 3 is 2.43 bits per heavy atom. The lowest BCUT2D eigenvalue weighted by Gasteiger charge is -2.26. The van der Waals surface area contributed by atoms with Crippen molar-refractivity contribution in [2.24, 2.45) is 0 Å². The SMILES string of the molecule is CC(C)c1cc(-c2c[nH]c(=S)n2-c2ccc(CN3CCOCC3)cc2)c(O)cc1O. The van der Waals surface area contributed by atoms with Crippen molar-refractivity contribution in [1.29, 1.82) is 0 Å². The molecule has 6 nitrogen and oxygen atoms in total. The van der Waals surface area contributed by atoms with Crippen molar-refractivity contribution >= 4 is 12.2 Å². The van der Waals surface area contributed by atoms with Gasteiger partial charge in [0, 0.05) is 43.1 Å². The number of phenolic OH excluding ortho intramolecular Hbond substituents is 2. The maximum Gasteiger partial charge on any atom is 0.182 e. The maximum atomic E-state index is 10.5. The molecule has 2 aromatic carbocycles. The van der Waals surface area contributed by atoms with Crippen LogP contribution < -0.4 is 0 Å². The molecular weight excluding hydrogens is 398 g/mol. The van der Waals surface area contributed by atoms with Crippen LogP contribution in [0.3, 0.4) is 0 Å². The van der Waals surface area contributed by atoms with Crippen LogP contribution in [0.2, 0.25) is 0 Å². The molecular formula is C23H27N3O3S. The first-order valence-corrected chi connectivity index (χ1v) is 10.6. The molecule has 1 saturated heterocycles. The van der Waals surface area contributed by atoms with Gasteiger partial charge in [0.1, 0.15) is 11.5 Å². The second-order valence-corrected chi connectivity index (χ2v) is 8.34. The van der Waals surface area contributed by atoms with Gasteiger partial charge in [-0.3, -0.25) is 9.47 Å². The highest BCUT2D eigenvalue weighted by Crippen LogP contribution is 2.38. The number of morpholine rings is 1. The summed E-state index contributed by atoms with van der Waals surface area (Å²) in [5.41, 5.74) is 4.31. The van der Waals surface area contributed by atoms with Crippen LogP contribution in [0.1, 0.15) is 30.9 Å². The lowest BCUT2D eigenvalue weighted by Crippen LogP contribution is -2.35. The van der Waals surface area contributed by atoms with E-state index in [9.17, 15) is 10.2 Å². The zero-order valence-electron chi connectivity index (χ0n) is 17.3. The Morgan fingerprint density at radius 1 is 1.07 bits per heavy atom. The summed E-state index contributed by atoms with van der Waals surface area (Å²) < 4.78 is 7.87. The Bertz CT molecular complexity index is 1080. The van der Waals surface area contributed by atoms with Crippen molar-refractivity contribution < 1.29 is 14.9 Å². The zero-order chi connectivity index (χ0) is 21.3. The van der Waals surface area contributed by atoms with Crippen LogP contribution in [-0.2, 0) is 11.3 Å². The molecule has 2 heterocycles. The van der Waals surface area contributed by atoms with Gasteiger partial charge in [-0.2, -0.15) is 0 Å². The second kappa shape index (κ2) is 8.63. The van der Waals surface area contributed by atoms with E-state index in [1.54, 1.807) is 6.20 Å². The molecule has 7 heteroatoms. The Labute approximate surface area is 181 Å². The molecule has 0 atom stereocenters. The fraction of sp³-hybridized carbons (Fsp3) is 0.348. The number of ether oxygens (including phenoxy) is 1. The van der Waals surface area contributed by atoms with E-state index in [0.717, 1.165) is 49.8 Å². The number of nitrogens with one attached hydrogen (secondary N) is 1. The number of imidazole rings is 1. The highest BCUT2D eigenvalue weighted by Gasteiger charge is 2.17. The predicted molar refractivity (Wildman–Crippen MR) is 120 cm³/mol. The number of aromatic nitrogens is 2. The number of aromatic amines is 1. The average Bonchev–Trinajstić information content (AvgIpc) is 3.10. The molecule has 3 N–H and O–H groups in total. The minimum Gasteiger partial charge on any atom is -0.508 e. The molecule has 0 saturated carbocycles. The first-order valence-electron chi connectivity index (χ1n) is 10.2. The quantitative estimate of drug-likeness (QED) is 0.522. The Kier molecular flexibility index (Phi) is 5.94. The van der Waals surface area contributed by atoms with Crippen LogP contribution in [0.15, 0.2) is 42.6 Å². The number of H-pyrrole nitrogens is 1. The molecule has 1 fully saturated rings. The summed E-state index contributed by atoms with van der Waals surface area (Å²) in [5, 5.41) is 20.7. The first kappa shape index (κ1) is 20.7. The number of rotatable bonds is 5. The van der Waals surface area contributed by atoms with Crippen molar-refractivity contribution in [2.75, 3.05) is 26.3 Å². The Hall–Kier alpha value is -2.61. The number of aromatic hydroxyl groups is 2. The van der Waals surface area contributed by atoms with E-state index in [1.165, 1.54) is 11.6 Å². The van der Waals surface area contributed by atoms with Gasteiger partial charge in [-0.1, -0.05) is 26.0 Å². The van der Waals surface area contributed by atoms with Crippen LogP contribution in [0.25, 0.3) is 16.9 Å². The van der Waals surface area contributed by atoms with Crippen molar-refractivity contribution in [3.8, 4) is 28.4 Å². The van der Waals surface area contributed by atoms with E-state index in [0.29, 0.717) is 10.3 Å². The Morgan fingerprint density at radius 2 is 1.77 bits per heavy atom. The van der Waals surface area contributed by atoms with E-state index in [-0.39, 0.29) is 17.4 Å². The predicted octanol–water partition coefficient (Wildman–Crippen LogP) is 4.57. The molecule has 0 bridgehead atoms. The van der Waals surface area contributed by atoms with Gasteiger partial charge < -0.3 is 19.9 Å². The van der Waals surface area contributed by atoms with Crippen LogP contribution in [-0.4, -0.2) is 51.0 Å². The fourth-order valence-electron chi connectivity index (χ4n) is 3.85. The number of hydrogen-bond acceptors (Lipinski definition) is 5. The summed E-state index contributed by atoms with van der Waals surface area (Å²) in [6, 6.07) is 11.5. The fourth-order valence-corrected chi connectivity index (χ4v) is 4.12. The molecule has 1 aliphatic heterocycles. The first-order chi connectivity index (χ1) is 14.4. The molecule has 1 aliphatic rings. The van der Waals surface area contributed by atoms with E-state index in [1.807, 2.05) is 36.6 Å². The van der Waals surface area contributed by atoms with E-state index in [4.69, 9.17) is 17.0 Å². The lowest BCUT2D eigenvalue weighted by molar-refractivity contribution is 0.0342. The largest absolute Gasteiger partial charge is 0.508 e. The summed E-state index contributed by atoms with van der Waals surface area (Å²) in [4.78, 5) is 5.47. The van der Waals surface area contributed by atoms with Gasteiger partial charge >= 0.3 is 0 Å². The molecule has 0 radical (unpaired) electrons. The van der Waals surface area contributed by atoms with E-state index < -0.39 is 0 Å². The molecule has 0 unspecified atom stereocenters. The van der Waals surface area contributed by atoms with Crippen LogP contribution >= 0.6 is 12.2 Å². The molecule has 1 aromatic heterocycles. The average molecular weight is 426 g/mol. The summed E-state index contributed by atoms with van der Waals surface area (Å²) in [5.74, 6) is 0.238. The molecule has 0 spiro atoms. The highest BCUT2D eigenvalue weighted by atomic mass is 32.1. The second-order valence-electron chi connectivity index (χ2n) is 7.95. The molecule has 0 amide bonds. The van der Waals surface area contributed by atoms with Gasteiger partial charge in [0.05, 0.1) is 18.9 Å². The van der Waals surface area contributed by atoms with Crippen LogP contribution in [0.5, 0.6) is 11.5 Å². The van der Waals surface area contributed by atoms with Crippen molar-refractivity contribution in [1.82, 2.24) is 14.5 Å². The van der Waals surface area contributed by atoms with Crippen molar-refractivity contribution in [2.45, 2.75) is 26.3 Å². The number of phenols is 2. The minimum atomic E-state index is 0.0172. The van der Waals surface area contributed by atoms with E-state index in [2.05, 4.69) is 22.0 Å². The van der Waals surface area contributed by atoms with Crippen LogP contribution in [0.4, 0.5) is 0 Å². The minimum absolute atomic E-state index is 0.0172. The lowest BCUT2D eigenvalue weighted by atomic mass is 9.97. The molecule has 3 aromatic rings. The van der Waals surface area contributed by atoms with Crippen LogP contribution in [0, 0.1) is 4.77 Å². The molecule has 4 rings (SSSR count). The number of hydrogen-bond donors (Lipinski definition) is 3. The monoisotopic (exact) mass is 425 g/mol. The summed E-state index contributed by atoms with van der Waals surface area (Å²) in [7, 11) is 0. The van der Waals surface area contributed by atoms with Crippen molar-refractivity contribution in [3.63, 3.8) is 0 Å². The molecule has 30 heavy (non-hydrogen) atoms. The zero-order valence-corrected chi connectivity index (χ0v) is 18.1. The summed E-state index contributed by atoms with van der Waals surface area (Å²) >= 11 is 5.53. The van der Waals surface area contributed by atoms with Gasteiger partial charge in [-0.25, -0.2) is 0 Å². The molecule has 158 valence electrons. The molecule has 0 aliphatic carbocycles. The van der Waals surface area contributed by atoms with Crippen molar-refractivity contribution in [3.05, 3.63) is 58.5 Å². The van der Waals surface area contributed by atoms with Gasteiger partial charge in [0.25, 0.3) is 0 Å². The smallest absolute Gasteiger partial charge is 0.182 e. The highest BCUT2D eigenvalue weighted by molar-refractivity contribution is 7.71. The third kappa shape index (κ3) is 4.14. The standard InChI is InChI=1S/C23H27N3O3S/c1-15(2)18-11-19(22(28)12-21(18)27)20-13-24-23(30)26(20)17-5-3-16(4-6-17)14-25-7-9-29-10-8-25/h3-6,11-13,15,27-28H,7-10,14H2,1-2H3,(H,24,30). The third-order valence-electron chi connectivity index (χ3n) is 5.52. The topological polar surface area (TPSA) is 73.7 Å². The van der Waals surface area contributed by atoms with Gasteiger partial charge in [0.15, 0.2) is 4.77 Å². The number of nitrogens with zero attached hydrogens (tertiary/aromatic N) is 2. The normalized spacial score (nSPS) is 15.0. The van der Waals surface area contributed by atoms with Gasteiger partial charge in [0.2, 0.25) is 0 Å². The maximum absolute atomic E-state index is 10.5. The summed E-state index contributed by atoms with van der Waals surface area (Å²) in [6.07, 6.45) is 1.79. The van der Waals surface area contributed by atoms with E-state index >= 15 is 0 Å². The third-order valence-corrected chi connectivity index (χ3v) is 5.82. The number of benzene rings is 2. The van der Waals surface area contributed by atoms with Gasteiger partial charge in [-0.15, -0.1) is 0 Å².